The van der Waals surface area contributed by atoms with Crippen molar-refractivity contribution in [3.8, 4) is 0 Å². The lowest BCUT2D eigenvalue weighted by Crippen LogP contribution is -2.41. The first kappa shape index (κ1) is 16.0. The van der Waals surface area contributed by atoms with Gasteiger partial charge in [0.1, 0.15) is 0 Å². The van der Waals surface area contributed by atoms with Gasteiger partial charge in [0.2, 0.25) is 0 Å². The van der Waals surface area contributed by atoms with Gasteiger partial charge in [-0.1, -0.05) is 29.8 Å². The lowest BCUT2D eigenvalue weighted by atomic mass is 9.91. The van der Waals surface area contributed by atoms with Crippen molar-refractivity contribution in [3.05, 3.63) is 35.4 Å². The van der Waals surface area contributed by atoms with Gasteiger partial charge in [0.15, 0.2) is 6.10 Å². The molecule has 1 heterocycles. The third-order valence-electron chi connectivity index (χ3n) is 4.36. The Kier molecular flexibility index (Phi) is 5.76. The number of aliphatic hydroxyl groups is 1. The minimum absolute atomic E-state index is 0.0353. The number of hydrogen-bond donors (Lipinski definition) is 1. The molecule has 0 bridgehead atoms. The monoisotopic (exact) mass is 291 g/mol. The zero-order valence-corrected chi connectivity index (χ0v) is 12.9. The Morgan fingerprint density at radius 1 is 1.33 bits per heavy atom. The van der Waals surface area contributed by atoms with Crippen LogP contribution in [0.2, 0.25) is 0 Å². The number of piperidine rings is 1. The molecule has 21 heavy (non-hydrogen) atoms. The Hall–Kier alpha value is -1.39. The largest absolute Gasteiger partial charge is 0.467 e. The van der Waals surface area contributed by atoms with Gasteiger partial charge in [-0.2, -0.15) is 0 Å². The molecule has 1 atom stereocenters. The number of benzene rings is 1. The summed E-state index contributed by atoms with van der Waals surface area (Å²) in [5.41, 5.74) is 2.65. The fraction of sp³-hybridized carbons (Fsp3) is 0.588. The van der Waals surface area contributed by atoms with E-state index >= 15 is 0 Å². The normalized spacial score (nSPS) is 18.4. The number of likely N-dealkylation sites (tertiary alicyclic amines) is 1. The van der Waals surface area contributed by atoms with E-state index in [0.717, 1.165) is 38.9 Å². The van der Waals surface area contributed by atoms with E-state index in [4.69, 9.17) is 0 Å². The maximum atomic E-state index is 11.3. The fourth-order valence-corrected chi connectivity index (χ4v) is 2.85. The van der Waals surface area contributed by atoms with Gasteiger partial charge in [0.05, 0.1) is 7.11 Å². The molecular formula is C17H25NO3. The molecule has 0 saturated carbocycles. The molecule has 4 nitrogen and oxygen atoms in total. The molecule has 0 aromatic heterocycles. The summed E-state index contributed by atoms with van der Waals surface area (Å²) in [4.78, 5) is 13.7. The van der Waals surface area contributed by atoms with Crippen molar-refractivity contribution in [1.29, 1.82) is 0 Å². The number of aliphatic hydroxyl groups excluding tert-OH is 1. The van der Waals surface area contributed by atoms with E-state index in [2.05, 4.69) is 40.8 Å². The number of nitrogens with zero attached hydrogens (tertiary/aromatic N) is 1. The van der Waals surface area contributed by atoms with E-state index in [1.165, 1.54) is 18.2 Å². The van der Waals surface area contributed by atoms with Gasteiger partial charge < -0.3 is 14.7 Å². The van der Waals surface area contributed by atoms with Gasteiger partial charge in [0, 0.05) is 6.54 Å². The van der Waals surface area contributed by atoms with Gasteiger partial charge in [-0.15, -0.1) is 0 Å². The van der Waals surface area contributed by atoms with Crippen molar-refractivity contribution in [2.24, 2.45) is 5.92 Å². The first-order valence-electron chi connectivity index (χ1n) is 7.64. The average Bonchev–Trinajstić information content (AvgIpc) is 2.53. The number of ether oxygens (including phenoxy) is 1. The topological polar surface area (TPSA) is 49.8 Å². The average molecular weight is 291 g/mol. The van der Waals surface area contributed by atoms with Crippen LogP contribution in [0.5, 0.6) is 0 Å². The predicted octanol–water partition coefficient (Wildman–Crippen LogP) is 1.78. The molecule has 1 aliphatic rings. The van der Waals surface area contributed by atoms with Crippen LogP contribution in [0.4, 0.5) is 0 Å². The van der Waals surface area contributed by atoms with Crippen LogP contribution in [-0.4, -0.2) is 48.8 Å². The first-order valence-corrected chi connectivity index (χ1v) is 7.64. The molecule has 0 radical (unpaired) electrons. The van der Waals surface area contributed by atoms with Gasteiger partial charge in [0.25, 0.3) is 0 Å². The minimum atomic E-state index is -0.964. The molecule has 0 unspecified atom stereocenters. The Morgan fingerprint density at radius 3 is 2.52 bits per heavy atom. The molecule has 1 N–H and O–H groups in total. The summed E-state index contributed by atoms with van der Waals surface area (Å²) in [6.45, 7) is 5.00. The predicted molar refractivity (Wildman–Crippen MR) is 82.1 cm³/mol. The smallest absolute Gasteiger partial charge is 0.334 e. The minimum Gasteiger partial charge on any atom is -0.467 e. The van der Waals surface area contributed by atoms with Crippen molar-refractivity contribution < 1.29 is 14.6 Å². The number of esters is 1. The SMILES string of the molecule is COC(=O)[C@H](O)C1CCN(CCc2ccc(C)cc2)CC1. The van der Waals surface area contributed by atoms with Crippen molar-refractivity contribution >= 4 is 5.97 Å². The van der Waals surface area contributed by atoms with Crippen LogP contribution in [0.1, 0.15) is 24.0 Å². The van der Waals surface area contributed by atoms with Crippen LogP contribution in [0.25, 0.3) is 0 Å². The summed E-state index contributed by atoms with van der Waals surface area (Å²) < 4.78 is 4.60. The lowest BCUT2D eigenvalue weighted by molar-refractivity contribution is -0.154. The number of carbonyl (C=O) groups excluding carboxylic acids is 1. The summed E-state index contributed by atoms with van der Waals surface area (Å²) in [6.07, 6.45) is 1.79. The van der Waals surface area contributed by atoms with Gasteiger partial charge >= 0.3 is 5.97 Å². The van der Waals surface area contributed by atoms with Crippen LogP contribution < -0.4 is 0 Å². The third kappa shape index (κ3) is 4.55. The highest BCUT2D eigenvalue weighted by Crippen LogP contribution is 2.21. The molecule has 2 rings (SSSR count). The van der Waals surface area contributed by atoms with E-state index in [0.29, 0.717) is 0 Å². The molecule has 1 aromatic rings. The zero-order valence-electron chi connectivity index (χ0n) is 12.9. The van der Waals surface area contributed by atoms with E-state index in [-0.39, 0.29) is 5.92 Å². The summed E-state index contributed by atoms with van der Waals surface area (Å²) in [7, 11) is 1.32. The zero-order chi connectivity index (χ0) is 15.2. The molecule has 4 heteroatoms. The van der Waals surface area contributed by atoms with Crippen LogP contribution in [-0.2, 0) is 16.0 Å². The molecule has 1 saturated heterocycles. The highest BCUT2D eigenvalue weighted by atomic mass is 16.5. The quantitative estimate of drug-likeness (QED) is 0.840. The van der Waals surface area contributed by atoms with E-state index in [1.807, 2.05) is 0 Å². The second kappa shape index (κ2) is 7.57. The highest BCUT2D eigenvalue weighted by molar-refractivity contribution is 5.74. The van der Waals surface area contributed by atoms with Crippen LogP contribution >= 0.6 is 0 Å². The number of rotatable bonds is 5. The molecular weight excluding hydrogens is 266 g/mol. The van der Waals surface area contributed by atoms with E-state index in [9.17, 15) is 9.90 Å². The molecule has 0 aliphatic carbocycles. The summed E-state index contributed by atoms with van der Waals surface area (Å²) >= 11 is 0. The summed E-state index contributed by atoms with van der Waals surface area (Å²) in [6, 6.07) is 8.66. The lowest BCUT2D eigenvalue weighted by Gasteiger charge is -2.33. The number of hydrogen-bond acceptors (Lipinski definition) is 4. The second-order valence-corrected chi connectivity index (χ2v) is 5.88. The molecule has 0 spiro atoms. The highest BCUT2D eigenvalue weighted by Gasteiger charge is 2.30. The van der Waals surface area contributed by atoms with Crippen molar-refractivity contribution in [2.75, 3.05) is 26.7 Å². The van der Waals surface area contributed by atoms with Gasteiger partial charge in [-0.05, 0) is 50.8 Å². The van der Waals surface area contributed by atoms with Crippen LogP contribution in [0, 0.1) is 12.8 Å². The van der Waals surface area contributed by atoms with Gasteiger partial charge in [-0.3, -0.25) is 0 Å². The Bertz CT molecular complexity index is 450. The second-order valence-electron chi connectivity index (χ2n) is 5.88. The third-order valence-corrected chi connectivity index (χ3v) is 4.36. The Morgan fingerprint density at radius 2 is 1.95 bits per heavy atom. The molecule has 1 fully saturated rings. The first-order chi connectivity index (χ1) is 10.1. The van der Waals surface area contributed by atoms with Crippen molar-refractivity contribution in [2.45, 2.75) is 32.3 Å². The van der Waals surface area contributed by atoms with Crippen LogP contribution in [0.3, 0.4) is 0 Å². The molecule has 1 aromatic carbocycles. The Balaban J connectivity index is 1.74. The van der Waals surface area contributed by atoms with Crippen molar-refractivity contribution in [3.63, 3.8) is 0 Å². The Labute approximate surface area is 126 Å². The fourth-order valence-electron chi connectivity index (χ4n) is 2.85. The molecule has 116 valence electrons. The number of aryl methyl sites for hydroxylation is 1. The van der Waals surface area contributed by atoms with E-state index in [1.54, 1.807) is 0 Å². The van der Waals surface area contributed by atoms with Crippen molar-refractivity contribution in [1.82, 2.24) is 4.90 Å². The number of methoxy groups -OCH3 is 1. The molecule has 1 aliphatic heterocycles. The maximum absolute atomic E-state index is 11.3. The summed E-state index contributed by atoms with van der Waals surface area (Å²) in [5.74, 6) is -0.471. The molecule has 0 amide bonds. The van der Waals surface area contributed by atoms with Crippen LogP contribution in [0.15, 0.2) is 24.3 Å². The number of carbonyl (C=O) groups is 1. The standard InChI is InChI=1S/C17H25NO3/c1-13-3-5-14(6-4-13)7-10-18-11-8-15(9-12-18)16(19)17(20)21-2/h3-6,15-16,19H,7-12H2,1-2H3/t16-/m1/s1. The van der Waals surface area contributed by atoms with Gasteiger partial charge in [-0.25, -0.2) is 4.79 Å². The summed E-state index contributed by atoms with van der Waals surface area (Å²) in [5, 5.41) is 9.87. The van der Waals surface area contributed by atoms with E-state index < -0.39 is 12.1 Å². The maximum Gasteiger partial charge on any atom is 0.334 e.